The van der Waals surface area contributed by atoms with Gasteiger partial charge in [0.2, 0.25) is 11.8 Å². The summed E-state index contributed by atoms with van der Waals surface area (Å²) in [6.07, 6.45) is 1.88. The van der Waals surface area contributed by atoms with Gasteiger partial charge < -0.3 is 15.0 Å². The van der Waals surface area contributed by atoms with Gasteiger partial charge in [0.15, 0.2) is 0 Å². The van der Waals surface area contributed by atoms with Crippen LogP contribution in [-0.2, 0) is 22.6 Å². The molecule has 0 fully saturated rings. The Labute approximate surface area is 233 Å². The summed E-state index contributed by atoms with van der Waals surface area (Å²) in [5.41, 5.74) is 1.68. The van der Waals surface area contributed by atoms with E-state index in [0.29, 0.717) is 46.8 Å². The highest BCUT2D eigenvalue weighted by molar-refractivity contribution is 6.35. The molecule has 0 aliphatic carbocycles. The van der Waals surface area contributed by atoms with Crippen LogP contribution >= 0.6 is 34.8 Å². The second-order valence-corrected chi connectivity index (χ2v) is 9.94. The van der Waals surface area contributed by atoms with Gasteiger partial charge in [0, 0.05) is 41.0 Å². The summed E-state index contributed by atoms with van der Waals surface area (Å²) in [6, 6.07) is 21.2. The molecule has 0 saturated heterocycles. The van der Waals surface area contributed by atoms with Crippen LogP contribution in [-0.4, -0.2) is 35.9 Å². The van der Waals surface area contributed by atoms with Crippen LogP contribution in [0.2, 0.25) is 15.1 Å². The van der Waals surface area contributed by atoms with E-state index in [1.165, 1.54) is 0 Å². The number of nitrogens with zero attached hydrogens (tertiary/aromatic N) is 1. The van der Waals surface area contributed by atoms with E-state index in [-0.39, 0.29) is 24.8 Å². The van der Waals surface area contributed by atoms with Gasteiger partial charge in [0.05, 0.1) is 6.61 Å². The summed E-state index contributed by atoms with van der Waals surface area (Å²) in [7, 11) is 0. The van der Waals surface area contributed by atoms with E-state index < -0.39 is 6.04 Å². The fraction of sp³-hybridized carbons (Fsp3) is 0.310. The van der Waals surface area contributed by atoms with Crippen molar-refractivity contribution < 1.29 is 14.3 Å². The molecule has 37 heavy (non-hydrogen) atoms. The summed E-state index contributed by atoms with van der Waals surface area (Å²) in [6.45, 7) is 3.06. The Hall–Kier alpha value is -2.73. The zero-order valence-electron chi connectivity index (χ0n) is 20.8. The summed E-state index contributed by atoms with van der Waals surface area (Å²) in [4.78, 5) is 28.5. The first-order valence-electron chi connectivity index (χ1n) is 12.3. The molecule has 8 heteroatoms. The predicted octanol–water partition coefficient (Wildman–Crippen LogP) is 6.97. The van der Waals surface area contributed by atoms with Gasteiger partial charge in [-0.25, -0.2) is 0 Å². The van der Waals surface area contributed by atoms with Gasteiger partial charge in [-0.15, -0.1) is 0 Å². The molecule has 5 nitrogen and oxygen atoms in total. The second-order valence-electron chi connectivity index (χ2n) is 8.66. The zero-order valence-corrected chi connectivity index (χ0v) is 23.0. The Kier molecular flexibility index (Phi) is 11.6. The van der Waals surface area contributed by atoms with E-state index in [1.807, 2.05) is 37.3 Å². The number of benzene rings is 3. The molecule has 0 aromatic heterocycles. The average molecular weight is 562 g/mol. The SMILES string of the molecule is CCCNC(=O)[C@@H](Cc1ccccc1)N(Cc1ccc(Cl)cc1Cl)C(=O)CCCOc1ccc(Cl)cc1. The number of ether oxygens (including phenoxy) is 1. The molecule has 0 spiro atoms. The number of carbonyl (C=O) groups excluding carboxylic acids is 2. The number of rotatable bonds is 13. The second kappa shape index (κ2) is 14.9. The molecule has 196 valence electrons. The Bertz CT molecular complexity index is 1160. The van der Waals surface area contributed by atoms with Crippen molar-refractivity contribution in [1.82, 2.24) is 10.2 Å². The van der Waals surface area contributed by atoms with Crippen LogP contribution in [0.15, 0.2) is 72.8 Å². The van der Waals surface area contributed by atoms with Crippen molar-refractivity contribution >= 4 is 46.6 Å². The molecular weight excluding hydrogens is 531 g/mol. The summed E-state index contributed by atoms with van der Waals surface area (Å²) >= 11 is 18.5. The Balaban J connectivity index is 1.80. The first-order valence-corrected chi connectivity index (χ1v) is 13.4. The van der Waals surface area contributed by atoms with E-state index in [2.05, 4.69) is 5.32 Å². The van der Waals surface area contributed by atoms with Gasteiger partial charge in [-0.05, 0) is 60.4 Å². The van der Waals surface area contributed by atoms with E-state index >= 15 is 0 Å². The highest BCUT2D eigenvalue weighted by Gasteiger charge is 2.30. The van der Waals surface area contributed by atoms with Crippen molar-refractivity contribution in [2.24, 2.45) is 0 Å². The van der Waals surface area contributed by atoms with Crippen molar-refractivity contribution in [2.75, 3.05) is 13.2 Å². The quantitative estimate of drug-likeness (QED) is 0.229. The number of carbonyl (C=O) groups is 2. The van der Waals surface area contributed by atoms with Crippen LogP contribution in [0.4, 0.5) is 0 Å². The minimum Gasteiger partial charge on any atom is -0.494 e. The third kappa shape index (κ3) is 9.26. The molecule has 1 atom stereocenters. The van der Waals surface area contributed by atoms with E-state index in [9.17, 15) is 9.59 Å². The molecule has 3 aromatic carbocycles. The molecule has 0 aliphatic rings. The lowest BCUT2D eigenvalue weighted by molar-refractivity contribution is -0.141. The maximum atomic E-state index is 13.6. The standard InChI is InChI=1S/C29H31Cl3N2O3/c1-2-16-33-29(36)27(18-21-7-4-3-5-8-21)34(20-22-10-11-24(31)19-26(22)32)28(35)9-6-17-37-25-14-12-23(30)13-15-25/h3-5,7-8,10-15,19,27H,2,6,9,16-18,20H2,1H3,(H,33,36)/t27-/m1/s1. The van der Waals surface area contributed by atoms with Crippen LogP contribution in [0.3, 0.4) is 0 Å². The van der Waals surface area contributed by atoms with Crippen LogP contribution < -0.4 is 10.1 Å². The number of nitrogens with one attached hydrogen (secondary N) is 1. The van der Waals surface area contributed by atoms with Gasteiger partial charge in [0.1, 0.15) is 11.8 Å². The smallest absolute Gasteiger partial charge is 0.243 e. The van der Waals surface area contributed by atoms with Gasteiger partial charge in [-0.1, -0.05) is 78.1 Å². The molecule has 0 unspecified atom stereocenters. The van der Waals surface area contributed by atoms with E-state index in [0.717, 1.165) is 17.5 Å². The van der Waals surface area contributed by atoms with Crippen molar-refractivity contribution in [2.45, 2.75) is 45.2 Å². The maximum absolute atomic E-state index is 13.6. The van der Waals surface area contributed by atoms with Gasteiger partial charge in [-0.3, -0.25) is 9.59 Å². The molecule has 3 aromatic rings. The summed E-state index contributed by atoms with van der Waals surface area (Å²) in [5, 5.41) is 4.55. The highest BCUT2D eigenvalue weighted by atomic mass is 35.5. The molecule has 0 bridgehead atoms. The normalized spacial score (nSPS) is 11.6. The number of halogens is 3. The molecule has 0 saturated carbocycles. The zero-order chi connectivity index (χ0) is 26.6. The number of amides is 2. The molecule has 1 N–H and O–H groups in total. The average Bonchev–Trinajstić information content (AvgIpc) is 2.89. The monoisotopic (exact) mass is 560 g/mol. The molecule has 2 amide bonds. The topological polar surface area (TPSA) is 58.6 Å². The third-order valence-corrected chi connectivity index (χ3v) is 6.63. The van der Waals surface area contributed by atoms with Crippen LogP contribution in [0, 0.1) is 0 Å². The first-order chi connectivity index (χ1) is 17.9. The van der Waals surface area contributed by atoms with Gasteiger partial charge in [-0.2, -0.15) is 0 Å². The van der Waals surface area contributed by atoms with E-state index in [4.69, 9.17) is 39.5 Å². The van der Waals surface area contributed by atoms with Crippen molar-refractivity contribution in [3.63, 3.8) is 0 Å². The van der Waals surface area contributed by atoms with Crippen molar-refractivity contribution in [3.05, 3.63) is 99.0 Å². The van der Waals surface area contributed by atoms with Crippen LogP contribution in [0.5, 0.6) is 5.75 Å². The maximum Gasteiger partial charge on any atom is 0.243 e. The minimum absolute atomic E-state index is 0.154. The lowest BCUT2D eigenvalue weighted by atomic mass is 10.0. The largest absolute Gasteiger partial charge is 0.494 e. The minimum atomic E-state index is -0.703. The predicted molar refractivity (Wildman–Crippen MR) is 150 cm³/mol. The number of hydrogen-bond acceptors (Lipinski definition) is 3. The third-order valence-electron chi connectivity index (χ3n) is 5.79. The highest BCUT2D eigenvalue weighted by Crippen LogP contribution is 2.25. The fourth-order valence-corrected chi connectivity index (χ4v) is 4.44. The van der Waals surface area contributed by atoms with Gasteiger partial charge in [0.25, 0.3) is 0 Å². The fourth-order valence-electron chi connectivity index (χ4n) is 3.84. The lowest BCUT2D eigenvalue weighted by Gasteiger charge is -2.32. The Morgan fingerprint density at radius 2 is 1.65 bits per heavy atom. The van der Waals surface area contributed by atoms with Gasteiger partial charge >= 0.3 is 0 Å². The molecule has 0 heterocycles. The summed E-state index contributed by atoms with van der Waals surface area (Å²) < 4.78 is 5.75. The molecule has 0 radical (unpaired) electrons. The molecule has 3 rings (SSSR count). The first kappa shape index (κ1) is 28.8. The molecule has 0 aliphatic heterocycles. The van der Waals surface area contributed by atoms with Crippen molar-refractivity contribution in [1.29, 1.82) is 0 Å². The Morgan fingerprint density at radius 3 is 2.32 bits per heavy atom. The van der Waals surface area contributed by atoms with Crippen LogP contribution in [0.25, 0.3) is 0 Å². The van der Waals surface area contributed by atoms with Crippen LogP contribution in [0.1, 0.15) is 37.3 Å². The lowest BCUT2D eigenvalue weighted by Crippen LogP contribution is -2.50. The summed E-state index contributed by atoms with van der Waals surface area (Å²) in [5.74, 6) is 0.336. The Morgan fingerprint density at radius 1 is 0.946 bits per heavy atom. The number of hydrogen-bond donors (Lipinski definition) is 1. The van der Waals surface area contributed by atoms with E-state index in [1.54, 1.807) is 47.4 Å². The van der Waals surface area contributed by atoms with Crippen molar-refractivity contribution in [3.8, 4) is 5.75 Å². The molecular formula is C29H31Cl3N2O3.